The number of nitrogens with zero attached hydrogens (tertiary/aromatic N) is 2. The van der Waals surface area contributed by atoms with Crippen molar-refractivity contribution in [1.82, 2.24) is 14.9 Å². The number of halogens is 2. The molecule has 114 valence electrons. The summed E-state index contributed by atoms with van der Waals surface area (Å²) in [5, 5.41) is 3.59. The zero-order chi connectivity index (χ0) is 15.7. The van der Waals surface area contributed by atoms with Crippen LogP contribution in [0.5, 0.6) is 0 Å². The first-order valence-corrected chi connectivity index (χ1v) is 7.36. The van der Waals surface area contributed by atoms with Crippen LogP contribution in [0.15, 0.2) is 29.2 Å². The summed E-state index contributed by atoms with van der Waals surface area (Å²) in [6.07, 6.45) is 2.09. The summed E-state index contributed by atoms with van der Waals surface area (Å²) < 4.78 is 0. The van der Waals surface area contributed by atoms with E-state index in [0.29, 0.717) is 35.2 Å². The molecule has 3 rings (SSSR count). The van der Waals surface area contributed by atoms with E-state index in [-0.39, 0.29) is 11.7 Å². The summed E-state index contributed by atoms with van der Waals surface area (Å²) in [5.74, 6) is 0. The molecular formula is C14H12Cl2N4O2. The van der Waals surface area contributed by atoms with Crippen LogP contribution in [0.25, 0.3) is 0 Å². The number of hydrogen-bond acceptors (Lipinski definition) is 3. The van der Waals surface area contributed by atoms with Crippen molar-refractivity contribution in [2.24, 2.45) is 0 Å². The molecular weight excluding hydrogens is 327 g/mol. The Bertz CT molecular complexity index is 791. The van der Waals surface area contributed by atoms with Gasteiger partial charge in [-0.1, -0.05) is 23.2 Å². The van der Waals surface area contributed by atoms with Crippen LogP contribution < -0.4 is 11.0 Å². The minimum Gasteiger partial charge on any atom is -0.320 e. The molecule has 8 heteroatoms. The van der Waals surface area contributed by atoms with Crippen LogP contribution in [0.3, 0.4) is 0 Å². The average molecular weight is 339 g/mol. The van der Waals surface area contributed by atoms with Crippen LogP contribution in [0.4, 0.5) is 10.5 Å². The first-order chi connectivity index (χ1) is 10.5. The van der Waals surface area contributed by atoms with E-state index >= 15 is 0 Å². The zero-order valence-electron chi connectivity index (χ0n) is 11.4. The molecule has 0 unspecified atom stereocenters. The van der Waals surface area contributed by atoms with E-state index in [0.717, 1.165) is 11.3 Å². The number of amides is 2. The Labute approximate surface area is 136 Å². The lowest BCUT2D eigenvalue weighted by atomic mass is 10.1. The van der Waals surface area contributed by atoms with Gasteiger partial charge in [-0.2, -0.15) is 0 Å². The number of fused-ring (bicyclic) bond motifs is 1. The van der Waals surface area contributed by atoms with Gasteiger partial charge in [-0.05, 0) is 18.2 Å². The quantitative estimate of drug-likeness (QED) is 0.838. The van der Waals surface area contributed by atoms with Gasteiger partial charge in [0.25, 0.3) is 0 Å². The highest BCUT2D eigenvalue weighted by Crippen LogP contribution is 2.25. The van der Waals surface area contributed by atoms with E-state index in [2.05, 4.69) is 15.3 Å². The predicted octanol–water partition coefficient (Wildman–Crippen LogP) is 2.67. The number of nitrogens with one attached hydrogen (secondary N) is 2. The van der Waals surface area contributed by atoms with Gasteiger partial charge in [-0.25, -0.2) is 14.6 Å². The Morgan fingerprint density at radius 1 is 1.32 bits per heavy atom. The highest BCUT2D eigenvalue weighted by molar-refractivity contribution is 6.42. The van der Waals surface area contributed by atoms with Crippen molar-refractivity contribution in [3.63, 3.8) is 0 Å². The van der Waals surface area contributed by atoms with Crippen molar-refractivity contribution in [3.05, 3.63) is 56.2 Å². The minimum atomic E-state index is -0.368. The van der Waals surface area contributed by atoms with Crippen molar-refractivity contribution in [1.29, 1.82) is 0 Å². The SMILES string of the molecule is O=C(Nc1ccc(Cl)c(Cl)c1)N1CCc2[nH]c(=O)ncc2C1. The number of H-pyrrole nitrogens is 1. The zero-order valence-corrected chi connectivity index (χ0v) is 12.9. The number of urea groups is 1. The second kappa shape index (κ2) is 5.98. The fraction of sp³-hybridized carbons (Fsp3) is 0.214. The molecule has 0 bridgehead atoms. The molecule has 0 spiro atoms. The lowest BCUT2D eigenvalue weighted by Gasteiger charge is -2.28. The third-order valence-corrected chi connectivity index (χ3v) is 4.17. The topological polar surface area (TPSA) is 78.1 Å². The molecule has 2 heterocycles. The second-order valence-electron chi connectivity index (χ2n) is 4.92. The molecule has 0 fully saturated rings. The third kappa shape index (κ3) is 3.08. The maximum Gasteiger partial charge on any atom is 0.345 e. The highest BCUT2D eigenvalue weighted by Gasteiger charge is 2.21. The van der Waals surface area contributed by atoms with Gasteiger partial charge in [-0.3, -0.25) is 0 Å². The number of rotatable bonds is 1. The molecule has 0 saturated heterocycles. The molecule has 1 aliphatic rings. The van der Waals surface area contributed by atoms with Crippen LogP contribution in [0.2, 0.25) is 10.0 Å². The number of benzene rings is 1. The number of aromatic amines is 1. The van der Waals surface area contributed by atoms with Gasteiger partial charge in [0, 0.05) is 36.1 Å². The fourth-order valence-corrected chi connectivity index (χ4v) is 2.59. The first kappa shape index (κ1) is 14.9. The predicted molar refractivity (Wildman–Crippen MR) is 84.5 cm³/mol. The summed E-state index contributed by atoms with van der Waals surface area (Å²) in [6.45, 7) is 0.909. The van der Waals surface area contributed by atoms with E-state index in [1.165, 1.54) is 6.20 Å². The van der Waals surface area contributed by atoms with Crippen LogP contribution in [-0.4, -0.2) is 27.4 Å². The molecule has 2 amide bonds. The van der Waals surface area contributed by atoms with Gasteiger partial charge >= 0.3 is 11.7 Å². The van der Waals surface area contributed by atoms with E-state index in [1.807, 2.05) is 0 Å². The molecule has 2 N–H and O–H groups in total. The number of aromatic nitrogens is 2. The van der Waals surface area contributed by atoms with Gasteiger partial charge in [-0.15, -0.1) is 0 Å². The Balaban J connectivity index is 1.72. The summed E-state index contributed by atoms with van der Waals surface area (Å²) in [6, 6.07) is 4.66. The van der Waals surface area contributed by atoms with Crippen molar-refractivity contribution >= 4 is 34.9 Å². The van der Waals surface area contributed by atoms with Crippen molar-refractivity contribution in [2.75, 3.05) is 11.9 Å². The van der Waals surface area contributed by atoms with Gasteiger partial charge < -0.3 is 15.2 Å². The molecule has 1 aromatic heterocycles. The van der Waals surface area contributed by atoms with Gasteiger partial charge in [0.15, 0.2) is 0 Å². The van der Waals surface area contributed by atoms with Gasteiger partial charge in [0.1, 0.15) is 0 Å². The molecule has 22 heavy (non-hydrogen) atoms. The standard InChI is InChI=1S/C14H12Cl2N4O2/c15-10-2-1-9(5-11(10)16)18-14(22)20-4-3-12-8(7-20)6-17-13(21)19-12/h1-2,5-6H,3-4,7H2,(H,18,22)(H,17,19,21). The Morgan fingerprint density at radius 2 is 2.14 bits per heavy atom. The number of hydrogen-bond donors (Lipinski definition) is 2. The van der Waals surface area contributed by atoms with Gasteiger partial charge in [0.2, 0.25) is 0 Å². The Morgan fingerprint density at radius 3 is 2.91 bits per heavy atom. The van der Waals surface area contributed by atoms with Crippen molar-refractivity contribution in [3.8, 4) is 0 Å². The molecule has 0 aliphatic carbocycles. The summed E-state index contributed by atoms with van der Waals surface area (Å²) in [4.78, 5) is 31.5. The monoisotopic (exact) mass is 338 g/mol. The minimum absolute atomic E-state index is 0.241. The van der Waals surface area contributed by atoms with E-state index in [1.54, 1.807) is 23.1 Å². The molecule has 0 saturated carbocycles. The molecule has 0 atom stereocenters. The van der Waals surface area contributed by atoms with Crippen molar-refractivity contribution < 1.29 is 4.79 Å². The Kier molecular flexibility index (Phi) is 4.04. The van der Waals surface area contributed by atoms with Crippen LogP contribution in [0, 0.1) is 0 Å². The normalized spacial score (nSPS) is 13.6. The van der Waals surface area contributed by atoms with E-state index in [9.17, 15) is 9.59 Å². The third-order valence-electron chi connectivity index (χ3n) is 3.43. The smallest absolute Gasteiger partial charge is 0.320 e. The summed E-state index contributed by atoms with van der Waals surface area (Å²) in [7, 11) is 0. The number of carbonyl (C=O) groups is 1. The molecule has 6 nitrogen and oxygen atoms in total. The lowest BCUT2D eigenvalue weighted by molar-refractivity contribution is 0.205. The first-order valence-electron chi connectivity index (χ1n) is 6.61. The molecule has 0 radical (unpaired) electrons. The van der Waals surface area contributed by atoms with Crippen LogP contribution >= 0.6 is 23.2 Å². The van der Waals surface area contributed by atoms with E-state index < -0.39 is 0 Å². The Hall–Kier alpha value is -2.05. The van der Waals surface area contributed by atoms with Gasteiger partial charge in [0.05, 0.1) is 16.6 Å². The highest BCUT2D eigenvalue weighted by atomic mass is 35.5. The summed E-state index contributed by atoms with van der Waals surface area (Å²) >= 11 is 11.8. The average Bonchev–Trinajstić information content (AvgIpc) is 2.50. The maximum atomic E-state index is 12.3. The molecule has 2 aromatic rings. The number of anilines is 1. The van der Waals surface area contributed by atoms with Crippen molar-refractivity contribution in [2.45, 2.75) is 13.0 Å². The maximum absolute atomic E-state index is 12.3. The lowest BCUT2D eigenvalue weighted by Crippen LogP contribution is -2.40. The second-order valence-corrected chi connectivity index (χ2v) is 5.74. The summed E-state index contributed by atoms with van der Waals surface area (Å²) in [5.41, 5.74) is 1.88. The number of carbonyl (C=O) groups excluding carboxylic acids is 1. The van der Waals surface area contributed by atoms with Crippen LogP contribution in [0.1, 0.15) is 11.3 Å². The molecule has 1 aromatic carbocycles. The molecule has 1 aliphatic heterocycles. The van der Waals surface area contributed by atoms with Crippen LogP contribution in [-0.2, 0) is 13.0 Å². The van der Waals surface area contributed by atoms with E-state index in [4.69, 9.17) is 23.2 Å². The fourth-order valence-electron chi connectivity index (χ4n) is 2.30. The largest absolute Gasteiger partial charge is 0.345 e.